The predicted octanol–water partition coefficient (Wildman–Crippen LogP) is 4.88. The van der Waals surface area contributed by atoms with Crippen molar-refractivity contribution in [2.24, 2.45) is 0 Å². The number of amides is 1. The molecule has 0 bridgehead atoms. The molecule has 0 saturated carbocycles. The van der Waals surface area contributed by atoms with Gasteiger partial charge in [-0.2, -0.15) is 0 Å². The minimum Gasteiger partial charge on any atom is -0.497 e. The molecule has 3 aromatic rings. The van der Waals surface area contributed by atoms with E-state index in [2.05, 4.69) is 21.8 Å². The summed E-state index contributed by atoms with van der Waals surface area (Å²) in [5, 5.41) is 5.15. The molecular formula is C25H31N3O4S. The number of thiazole rings is 1. The van der Waals surface area contributed by atoms with Gasteiger partial charge in [-0.1, -0.05) is 25.5 Å². The number of hydrogen-bond acceptors (Lipinski definition) is 6. The van der Waals surface area contributed by atoms with Crippen molar-refractivity contribution in [3.8, 4) is 17.1 Å². The topological polar surface area (TPSA) is 82.5 Å². The van der Waals surface area contributed by atoms with Crippen LogP contribution >= 0.6 is 11.3 Å². The Labute approximate surface area is 198 Å². The Morgan fingerprint density at radius 3 is 2.61 bits per heavy atom. The van der Waals surface area contributed by atoms with Crippen LogP contribution in [0.3, 0.4) is 0 Å². The summed E-state index contributed by atoms with van der Waals surface area (Å²) in [5.41, 5.74) is 4.14. The molecule has 2 heterocycles. The lowest BCUT2D eigenvalue weighted by molar-refractivity contribution is 0.0526. The number of carbonyl (C=O) groups is 2. The summed E-state index contributed by atoms with van der Waals surface area (Å²) in [6, 6.07) is 9.83. The number of esters is 1. The highest BCUT2D eigenvalue weighted by atomic mass is 32.1. The van der Waals surface area contributed by atoms with Crippen LogP contribution < -0.4 is 10.1 Å². The second-order valence-corrected chi connectivity index (χ2v) is 8.50. The second-order valence-electron chi connectivity index (χ2n) is 7.65. The van der Waals surface area contributed by atoms with E-state index in [9.17, 15) is 9.59 Å². The molecule has 33 heavy (non-hydrogen) atoms. The van der Waals surface area contributed by atoms with Crippen molar-refractivity contribution in [3.63, 3.8) is 0 Å². The van der Waals surface area contributed by atoms with Crippen LogP contribution in [0.2, 0.25) is 0 Å². The van der Waals surface area contributed by atoms with Crippen molar-refractivity contribution in [2.45, 2.75) is 46.6 Å². The predicted molar refractivity (Wildman–Crippen MR) is 130 cm³/mol. The SMILES string of the molecule is CCCCNC(=O)c1cc(-c2csc(C(=O)OCC)n2)n(CCc2ccc(OC)cc2)c1C. The van der Waals surface area contributed by atoms with Crippen LogP contribution in [0.5, 0.6) is 5.75 Å². The van der Waals surface area contributed by atoms with Gasteiger partial charge < -0.3 is 19.4 Å². The van der Waals surface area contributed by atoms with Gasteiger partial charge in [0.2, 0.25) is 5.01 Å². The van der Waals surface area contributed by atoms with Crippen LogP contribution in [0.4, 0.5) is 0 Å². The summed E-state index contributed by atoms with van der Waals surface area (Å²) >= 11 is 1.25. The lowest BCUT2D eigenvalue weighted by Gasteiger charge is -2.12. The van der Waals surface area contributed by atoms with Crippen LogP contribution in [0.25, 0.3) is 11.4 Å². The first-order chi connectivity index (χ1) is 16.0. The van der Waals surface area contributed by atoms with Gasteiger partial charge in [0.25, 0.3) is 5.91 Å². The van der Waals surface area contributed by atoms with Crippen molar-refractivity contribution in [1.29, 1.82) is 0 Å². The Hall–Kier alpha value is -3.13. The average Bonchev–Trinajstić information content (AvgIpc) is 3.43. The highest BCUT2D eigenvalue weighted by Gasteiger charge is 2.21. The zero-order chi connectivity index (χ0) is 23.8. The molecule has 0 saturated heterocycles. The van der Waals surface area contributed by atoms with Crippen LogP contribution in [0.15, 0.2) is 35.7 Å². The molecule has 0 aliphatic carbocycles. The summed E-state index contributed by atoms with van der Waals surface area (Å²) in [7, 11) is 1.65. The number of hydrogen-bond donors (Lipinski definition) is 1. The summed E-state index contributed by atoms with van der Waals surface area (Å²) in [6.07, 6.45) is 2.73. The maximum absolute atomic E-state index is 12.9. The van der Waals surface area contributed by atoms with Gasteiger partial charge >= 0.3 is 5.97 Å². The van der Waals surface area contributed by atoms with Crippen LogP contribution in [-0.2, 0) is 17.7 Å². The molecule has 1 aromatic carbocycles. The lowest BCUT2D eigenvalue weighted by atomic mass is 10.1. The zero-order valence-electron chi connectivity index (χ0n) is 19.6. The molecule has 0 radical (unpaired) electrons. The number of benzene rings is 1. The van der Waals surface area contributed by atoms with Crippen LogP contribution in [0, 0.1) is 6.92 Å². The molecule has 8 heteroatoms. The van der Waals surface area contributed by atoms with Gasteiger partial charge in [-0.3, -0.25) is 4.79 Å². The normalized spacial score (nSPS) is 10.8. The van der Waals surface area contributed by atoms with Crippen molar-refractivity contribution in [1.82, 2.24) is 14.9 Å². The number of unbranched alkanes of at least 4 members (excludes halogenated alkanes) is 1. The fraction of sp³-hybridized carbons (Fsp3) is 0.400. The number of aromatic nitrogens is 2. The lowest BCUT2D eigenvalue weighted by Crippen LogP contribution is -2.24. The number of rotatable bonds is 11. The average molecular weight is 470 g/mol. The first-order valence-electron chi connectivity index (χ1n) is 11.2. The number of aryl methyl sites for hydroxylation is 1. The van der Waals surface area contributed by atoms with Crippen molar-refractivity contribution in [3.05, 3.63) is 57.5 Å². The summed E-state index contributed by atoms with van der Waals surface area (Å²) in [4.78, 5) is 29.5. The Balaban J connectivity index is 1.91. The van der Waals surface area contributed by atoms with Gasteiger partial charge in [0.15, 0.2) is 0 Å². The van der Waals surface area contributed by atoms with E-state index in [1.807, 2.05) is 42.6 Å². The molecule has 0 fully saturated rings. The number of nitrogens with one attached hydrogen (secondary N) is 1. The van der Waals surface area contributed by atoms with E-state index in [-0.39, 0.29) is 5.91 Å². The zero-order valence-corrected chi connectivity index (χ0v) is 20.5. The molecule has 3 rings (SSSR count). The van der Waals surface area contributed by atoms with E-state index >= 15 is 0 Å². The van der Waals surface area contributed by atoms with E-state index in [4.69, 9.17) is 9.47 Å². The van der Waals surface area contributed by atoms with E-state index in [1.54, 1.807) is 14.0 Å². The van der Waals surface area contributed by atoms with E-state index < -0.39 is 5.97 Å². The smallest absolute Gasteiger partial charge is 0.367 e. The molecule has 0 aliphatic rings. The van der Waals surface area contributed by atoms with Crippen molar-refractivity contribution < 1.29 is 19.1 Å². The van der Waals surface area contributed by atoms with Gasteiger partial charge in [-0.25, -0.2) is 9.78 Å². The summed E-state index contributed by atoms with van der Waals surface area (Å²) in [5.74, 6) is 0.294. The van der Waals surface area contributed by atoms with Gasteiger partial charge in [0.05, 0.1) is 30.7 Å². The Morgan fingerprint density at radius 1 is 1.18 bits per heavy atom. The highest BCUT2D eigenvalue weighted by molar-refractivity contribution is 7.11. The third-order valence-corrected chi connectivity index (χ3v) is 6.25. The molecule has 0 spiro atoms. The largest absolute Gasteiger partial charge is 0.497 e. The quantitative estimate of drug-likeness (QED) is 0.320. The van der Waals surface area contributed by atoms with Crippen LogP contribution in [0.1, 0.15) is 58.1 Å². The number of carbonyl (C=O) groups excluding carboxylic acids is 2. The molecule has 176 valence electrons. The third kappa shape index (κ3) is 6.01. The minimum absolute atomic E-state index is 0.0914. The highest BCUT2D eigenvalue weighted by Crippen LogP contribution is 2.28. The molecule has 7 nitrogen and oxygen atoms in total. The maximum atomic E-state index is 12.9. The van der Waals surface area contributed by atoms with Gasteiger partial charge in [-0.15, -0.1) is 11.3 Å². The minimum atomic E-state index is -0.431. The first-order valence-corrected chi connectivity index (χ1v) is 12.1. The fourth-order valence-electron chi connectivity index (χ4n) is 3.56. The first kappa shape index (κ1) is 24.5. The van der Waals surface area contributed by atoms with Gasteiger partial charge in [0.1, 0.15) is 5.75 Å². The molecule has 1 amide bonds. The van der Waals surface area contributed by atoms with Crippen LogP contribution in [-0.4, -0.2) is 41.7 Å². The third-order valence-electron chi connectivity index (χ3n) is 5.43. The number of ether oxygens (including phenoxy) is 2. The molecular weight excluding hydrogens is 438 g/mol. The maximum Gasteiger partial charge on any atom is 0.367 e. The molecule has 0 atom stereocenters. The van der Waals surface area contributed by atoms with E-state index in [0.29, 0.717) is 36.0 Å². The number of methoxy groups -OCH3 is 1. The van der Waals surface area contributed by atoms with Gasteiger partial charge in [0, 0.05) is 24.2 Å². The van der Waals surface area contributed by atoms with E-state index in [1.165, 1.54) is 11.3 Å². The number of nitrogens with zero attached hydrogens (tertiary/aromatic N) is 2. The Kier molecular flexibility index (Phi) is 8.65. The second kappa shape index (κ2) is 11.7. The molecule has 2 aromatic heterocycles. The Morgan fingerprint density at radius 2 is 1.94 bits per heavy atom. The molecule has 1 N–H and O–H groups in total. The van der Waals surface area contributed by atoms with Gasteiger partial charge in [-0.05, 0) is 50.5 Å². The Bertz CT molecular complexity index is 1090. The molecule has 0 aliphatic heterocycles. The standard InChI is InChI=1S/C25H31N3O4S/c1-5-7-13-26-23(29)20-15-22(21-16-33-24(27-21)25(30)32-6-2)28(17(20)3)14-12-18-8-10-19(31-4)11-9-18/h8-11,15-16H,5-7,12-14H2,1-4H3,(H,26,29). The fourth-order valence-corrected chi connectivity index (χ4v) is 4.26. The van der Waals surface area contributed by atoms with E-state index in [0.717, 1.165) is 42.0 Å². The monoisotopic (exact) mass is 469 g/mol. The van der Waals surface area contributed by atoms with Crippen molar-refractivity contribution in [2.75, 3.05) is 20.3 Å². The summed E-state index contributed by atoms with van der Waals surface area (Å²) in [6.45, 7) is 7.42. The molecule has 0 unspecified atom stereocenters. The van der Waals surface area contributed by atoms with Crippen molar-refractivity contribution >= 4 is 23.2 Å². The summed E-state index contributed by atoms with van der Waals surface area (Å²) < 4.78 is 12.4.